The van der Waals surface area contributed by atoms with Gasteiger partial charge in [-0.15, -0.1) is 0 Å². The van der Waals surface area contributed by atoms with Crippen LogP contribution < -0.4 is 10.6 Å². The Bertz CT molecular complexity index is 907. The largest absolute Gasteiger partial charge is 0.326 e. The number of hydrogen-bond donors (Lipinski definition) is 2. The Morgan fingerprint density at radius 2 is 1.48 bits per heavy atom. The Labute approximate surface area is 158 Å². The molecule has 4 rings (SSSR count). The zero-order chi connectivity index (χ0) is 18.6. The summed E-state index contributed by atoms with van der Waals surface area (Å²) < 4.78 is 13.1. The molecular weight excluding hydrogens is 339 g/mol. The number of hydrogen-bond acceptors (Lipinski definition) is 2. The van der Waals surface area contributed by atoms with E-state index in [1.54, 1.807) is 12.1 Å². The molecule has 0 unspecified atom stereocenters. The summed E-state index contributed by atoms with van der Waals surface area (Å²) in [7, 11) is 0. The Balaban J connectivity index is 1.45. The molecule has 1 fully saturated rings. The smallest absolute Gasteiger partial charge is 0.229 e. The van der Waals surface area contributed by atoms with Crippen LogP contribution in [0.1, 0.15) is 11.5 Å². The molecule has 1 aliphatic rings. The van der Waals surface area contributed by atoms with Gasteiger partial charge in [0.1, 0.15) is 5.82 Å². The first-order valence-corrected chi connectivity index (χ1v) is 9.13. The van der Waals surface area contributed by atoms with Crippen molar-refractivity contribution >= 4 is 11.6 Å². The number of nitrogens with one attached hydrogen (secondary N) is 2. The van der Waals surface area contributed by atoms with Gasteiger partial charge in [-0.1, -0.05) is 54.6 Å². The molecule has 0 aliphatic carbocycles. The van der Waals surface area contributed by atoms with Gasteiger partial charge in [0.25, 0.3) is 0 Å². The van der Waals surface area contributed by atoms with E-state index >= 15 is 0 Å². The summed E-state index contributed by atoms with van der Waals surface area (Å²) in [5, 5.41) is 6.36. The molecule has 1 aliphatic heterocycles. The molecule has 1 saturated heterocycles. The standard InChI is InChI=1S/C23H21FN2O/c24-19-10-6-16(7-11-19)17-8-12-20(13-9-17)26-23(27)22-15-25-14-21(22)18-4-2-1-3-5-18/h1-13,21-22,25H,14-15H2,(H,26,27)/t21-,22+/m0/s1. The zero-order valence-corrected chi connectivity index (χ0v) is 14.9. The Kier molecular flexibility index (Phi) is 4.99. The van der Waals surface area contributed by atoms with E-state index in [2.05, 4.69) is 22.8 Å². The van der Waals surface area contributed by atoms with E-state index in [0.717, 1.165) is 23.4 Å². The first kappa shape index (κ1) is 17.4. The van der Waals surface area contributed by atoms with Crippen LogP contribution in [0.3, 0.4) is 0 Å². The van der Waals surface area contributed by atoms with E-state index in [-0.39, 0.29) is 23.6 Å². The number of carbonyl (C=O) groups is 1. The number of amides is 1. The summed E-state index contributed by atoms with van der Waals surface area (Å²) in [4.78, 5) is 12.8. The van der Waals surface area contributed by atoms with Crippen LogP contribution in [0.4, 0.5) is 10.1 Å². The lowest BCUT2D eigenvalue weighted by Gasteiger charge is -2.18. The molecule has 0 saturated carbocycles. The van der Waals surface area contributed by atoms with Crippen molar-refractivity contribution < 1.29 is 9.18 Å². The number of anilines is 1. The van der Waals surface area contributed by atoms with Crippen molar-refractivity contribution in [3.8, 4) is 11.1 Å². The third kappa shape index (κ3) is 3.91. The second-order valence-corrected chi connectivity index (χ2v) is 6.86. The van der Waals surface area contributed by atoms with Gasteiger partial charge in [-0.25, -0.2) is 4.39 Å². The van der Waals surface area contributed by atoms with Crippen LogP contribution in [0.2, 0.25) is 0 Å². The highest BCUT2D eigenvalue weighted by Gasteiger charge is 2.33. The first-order chi connectivity index (χ1) is 13.2. The van der Waals surface area contributed by atoms with Crippen LogP contribution in [0.25, 0.3) is 11.1 Å². The summed E-state index contributed by atoms with van der Waals surface area (Å²) in [6.45, 7) is 1.49. The van der Waals surface area contributed by atoms with Crippen molar-refractivity contribution in [2.45, 2.75) is 5.92 Å². The topological polar surface area (TPSA) is 41.1 Å². The minimum Gasteiger partial charge on any atom is -0.326 e. The van der Waals surface area contributed by atoms with Crippen molar-refractivity contribution in [2.75, 3.05) is 18.4 Å². The van der Waals surface area contributed by atoms with Crippen molar-refractivity contribution in [3.63, 3.8) is 0 Å². The third-order valence-corrected chi connectivity index (χ3v) is 5.11. The second-order valence-electron chi connectivity index (χ2n) is 6.86. The number of carbonyl (C=O) groups excluding carboxylic acids is 1. The summed E-state index contributed by atoms with van der Waals surface area (Å²) in [5.41, 5.74) is 3.88. The van der Waals surface area contributed by atoms with Gasteiger partial charge in [-0.05, 0) is 41.0 Å². The maximum Gasteiger partial charge on any atom is 0.229 e. The van der Waals surface area contributed by atoms with Crippen LogP contribution >= 0.6 is 0 Å². The predicted octanol–water partition coefficient (Wildman–Crippen LogP) is 4.43. The van der Waals surface area contributed by atoms with Gasteiger partial charge < -0.3 is 10.6 Å². The molecule has 136 valence electrons. The van der Waals surface area contributed by atoms with Crippen LogP contribution in [-0.2, 0) is 4.79 Å². The monoisotopic (exact) mass is 360 g/mol. The lowest BCUT2D eigenvalue weighted by molar-refractivity contribution is -0.119. The molecule has 27 heavy (non-hydrogen) atoms. The Morgan fingerprint density at radius 1 is 0.852 bits per heavy atom. The molecule has 3 aromatic rings. The lowest BCUT2D eigenvalue weighted by Crippen LogP contribution is -2.28. The molecule has 0 spiro atoms. The van der Waals surface area contributed by atoms with Gasteiger partial charge in [-0.2, -0.15) is 0 Å². The molecule has 1 heterocycles. The van der Waals surface area contributed by atoms with Gasteiger partial charge in [0.2, 0.25) is 5.91 Å². The maximum atomic E-state index is 13.1. The summed E-state index contributed by atoms with van der Waals surface area (Å²) in [6, 6.07) is 24.2. The van der Waals surface area contributed by atoms with E-state index in [1.807, 2.05) is 42.5 Å². The Morgan fingerprint density at radius 3 is 2.15 bits per heavy atom. The van der Waals surface area contributed by atoms with E-state index in [4.69, 9.17) is 0 Å². The lowest BCUT2D eigenvalue weighted by atomic mass is 9.88. The van der Waals surface area contributed by atoms with E-state index in [1.165, 1.54) is 17.7 Å². The minimum absolute atomic E-state index is 0.0309. The first-order valence-electron chi connectivity index (χ1n) is 9.13. The van der Waals surface area contributed by atoms with Gasteiger partial charge in [0.15, 0.2) is 0 Å². The van der Waals surface area contributed by atoms with Crippen molar-refractivity contribution in [2.24, 2.45) is 5.92 Å². The fraction of sp³-hybridized carbons (Fsp3) is 0.174. The molecule has 4 heteroatoms. The maximum absolute atomic E-state index is 13.1. The molecule has 2 atom stereocenters. The third-order valence-electron chi connectivity index (χ3n) is 5.11. The van der Waals surface area contributed by atoms with Crippen LogP contribution in [0.5, 0.6) is 0 Å². The van der Waals surface area contributed by atoms with Crippen molar-refractivity contribution in [1.29, 1.82) is 0 Å². The van der Waals surface area contributed by atoms with Gasteiger partial charge in [0.05, 0.1) is 5.92 Å². The van der Waals surface area contributed by atoms with Crippen LogP contribution in [-0.4, -0.2) is 19.0 Å². The van der Waals surface area contributed by atoms with Gasteiger partial charge >= 0.3 is 0 Å². The van der Waals surface area contributed by atoms with Gasteiger partial charge in [0, 0.05) is 24.7 Å². The summed E-state index contributed by atoms with van der Waals surface area (Å²) in [6.07, 6.45) is 0. The fourth-order valence-electron chi connectivity index (χ4n) is 3.63. The molecule has 1 amide bonds. The van der Waals surface area contributed by atoms with Crippen molar-refractivity contribution in [1.82, 2.24) is 5.32 Å². The average molecular weight is 360 g/mol. The molecule has 2 N–H and O–H groups in total. The highest BCUT2D eigenvalue weighted by Crippen LogP contribution is 2.29. The van der Waals surface area contributed by atoms with E-state index in [0.29, 0.717) is 6.54 Å². The summed E-state index contributed by atoms with van der Waals surface area (Å²) >= 11 is 0. The fourth-order valence-corrected chi connectivity index (χ4v) is 3.63. The molecule has 3 nitrogen and oxygen atoms in total. The van der Waals surface area contributed by atoms with E-state index < -0.39 is 0 Å². The molecule has 0 radical (unpaired) electrons. The van der Waals surface area contributed by atoms with E-state index in [9.17, 15) is 9.18 Å². The molecule has 0 aromatic heterocycles. The summed E-state index contributed by atoms with van der Waals surface area (Å²) in [5.74, 6) is -0.127. The normalized spacial score (nSPS) is 19.0. The number of benzene rings is 3. The average Bonchev–Trinajstić information content (AvgIpc) is 3.20. The van der Waals surface area contributed by atoms with Gasteiger partial charge in [-0.3, -0.25) is 4.79 Å². The Hall–Kier alpha value is -2.98. The number of rotatable bonds is 4. The van der Waals surface area contributed by atoms with Crippen LogP contribution in [0, 0.1) is 11.7 Å². The highest BCUT2D eigenvalue weighted by atomic mass is 19.1. The molecule has 0 bridgehead atoms. The van der Waals surface area contributed by atoms with Crippen molar-refractivity contribution in [3.05, 3.63) is 90.2 Å². The minimum atomic E-state index is -0.249. The quantitative estimate of drug-likeness (QED) is 0.722. The zero-order valence-electron chi connectivity index (χ0n) is 14.9. The SMILES string of the molecule is O=C(Nc1ccc(-c2ccc(F)cc2)cc1)[C@@H]1CNC[C@H]1c1ccccc1. The van der Waals surface area contributed by atoms with Crippen LogP contribution in [0.15, 0.2) is 78.9 Å². The number of halogens is 1. The predicted molar refractivity (Wildman–Crippen MR) is 106 cm³/mol. The second kappa shape index (κ2) is 7.72. The molecule has 3 aromatic carbocycles. The molecular formula is C23H21FN2O. The highest BCUT2D eigenvalue weighted by molar-refractivity contribution is 5.94.